The summed E-state index contributed by atoms with van der Waals surface area (Å²) in [4.78, 5) is 16.6. The number of anilines is 1. The van der Waals surface area contributed by atoms with E-state index >= 15 is 0 Å². The van der Waals surface area contributed by atoms with Crippen LogP contribution in [-0.2, 0) is 10.5 Å². The summed E-state index contributed by atoms with van der Waals surface area (Å²) in [6.45, 7) is 3.95. The van der Waals surface area contributed by atoms with Crippen molar-refractivity contribution in [3.63, 3.8) is 0 Å². The smallest absolute Gasteiger partial charge is 0.236 e. The molecule has 0 spiro atoms. The van der Waals surface area contributed by atoms with Crippen LogP contribution in [0.3, 0.4) is 0 Å². The van der Waals surface area contributed by atoms with E-state index in [1.807, 2.05) is 38.1 Å². The van der Waals surface area contributed by atoms with Gasteiger partial charge in [0.05, 0.1) is 25.7 Å². The molecule has 0 saturated heterocycles. The number of amides is 1. The van der Waals surface area contributed by atoms with Crippen molar-refractivity contribution in [1.29, 1.82) is 0 Å². The Hall–Kier alpha value is -3.00. The Balaban J connectivity index is 1.56. The molecule has 152 valence electrons. The van der Waals surface area contributed by atoms with E-state index in [0.717, 1.165) is 22.4 Å². The molecule has 29 heavy (non-hydrogen) atoms. The summed E-state index contributed by atoms with van der Waals surface area (Å²) in [5.74, 6) is 2.81. The van der Waals surface area contributed by atoms with Crippen LogP contribution in [0.4, 0.5) is 5.69 Å². The number of nitrogens with zero attached hydrogens (tertiary/aromatic N) is 2. The fourth-order valence-corrected chi connectivity index (χ4v) is 3.48. The lowest BCUT2D eigenvalue weighted by atomic mass is 10.1. The molecule has 3 rings (SSSR count). The monoisotopic (exact) mass is 413 g/mol. The first-order valence-corrected chi connectivity index (χ1v) is 10.2. The number of aryl methyl sites for hydroxylation is 2. The molecule has 7 nitrogen and oxygen atoms in total. The third-order valence-electron chi connectivity index (χ3n) is 4.31. The van der Waals surface area contributed by atoms with Gasteiger partial charge in [0.2, 0.25) is 17.6 Å². The van der Waals surface area contributed by atoms with Gasteiger partial charge >= 0.3 is 0 Å². The lowest BCUT2D eigenvalue weighted by Gasteiger charge is -2.10. The number of aromatic nitrogens is 2. The van der Waals surface area contributed by atoms with E-state index < -0.39 is 0 Å². The number of benzene rings is 2. The summed E-state index contributed by atoms with van der Waals surface area (Å²) in [7, 11) is 3.15. The number of nitrogens with one attached hydrogen (secondary N) is 1. The van der Waals surface area contributed by atoms with E-state index in [1.54, 1.807) is 26.4 Å². The van der Waals surface area contributed by atoms with Gasteiger partial charge in [-0.3, -0.25) is 4.79 Å². The average molecular weight is 413 g/mol. The first-order chi connectivity index (χ1) is 14.0. The highest BCUT2D eigenvalue weighted by molar-refractivity contribution is 7.99. The van der Waals surface area contributed by atoms with Gasteiger partial charge in [-0.05, 0) is 43.2 Å². The molecule has 0 atom stereocenters. The molecule has 0 saturated carbocycles. The third-order valence-corrected chi connectivity index (χ3v) is 5.23. The van der Waals surface area contributed by atoms with Crippen molar-refractivity contribution >= 4 is 23.4 Å². The van der Waals surface area contributed by atoms with Gasteiger partial charge in [-0.25, -0.2) is 0 Å². The molecular formula is C21H23N3O4S. The lowest BCUT2D eigenvalue weighted by molar-refractivity contribution is -0.113. The molecular weight excluding hydrogens is 390 g/mol. The molecule has 8 heteroatoms. The first-order valence-electron chi connectivity index (χ1n) is 9.00. The van der Waals surface area contributed by atoms with Gasteiger partial charge in [-0.2, -0.15) is 4.98 Å². The Bertz CT molecular complexity index is 983. The summed E-state index contributed by atoms with van der Waals surface area (Å²) in [6, 6.07) is 11.3. The number of hydrogen-bond donors (Lipinski definition) is 1. The SMILES string of the molecule is COc1ccc(-c2noc(CSCC(=O)Nc3c(C)cccc3C)n2)cc1OC. The Morgan fingerprint density at radius 1 is 1.10 bits per heavy atom. The number of methoxy groups -OCH3 is 2. The van der Waals surface area contributed by atoms with E-state index in [4.69, 9.17) is 14.0 Å². The minimum Gasteiger partial charge on any atom is -0.493 e. The van der Waals surface area contributed by atoms with E-state index in [9.17, 15) is 4.79 Å². The van der Waals surface area contributed by atoms with Crippen LogP contribution in [-0.4, -0.2) is 36.0 Å². The zero-order chi connectivity index (χ0) is 20.8. The molecule has 1 aromatic heterocycles. The van der Waals surface area contributed by atoms with Crippen molar-refractivity contribution in [3.05, 3.63) is 53.4 Å². The number of carbonyl (C=O) groups excluding carboxylic acids is 1. The summed E-state index contributed by atoms with van der Waals surface area (Å²) >= 11 is 1.41. The van der Waals surface area contributed by atoms with Crippen LogP contribution in [0.2, 0.25) is 0 Å². The third kappa shape index (κ3) is 5.08. The molecule has 0 fully saturated rings. The van der Waals surface area contributed by atoms with Crippen molar-refractivity contribution in [1.82, 2.24) is 10.1 Å². The van der Waals surface area contributed by atoms with Crippen molar-refractivity contribution < 1.29 is 18.8 Å². The summed E-state index contributed by atoms with van der Waals surface area (Å²) in [6.07, 6.45) is 0. The topological polar surface area (TPSA) is 86.5 Å². The van der Waals surface area contributed by atoms with Crippen LogP contribution in [0, 0.1) is 13.8 Å². The highest BCUT2D eigenvalue weighted by Crippen LogP contribution is 2.31. The normalized spacial score (nSPS) is 10.6. The molecule has 0 unspecified atom stereocenters. The Labute approximate surface area is 173 Å². The first kappa shape index (κ1) is 20.7. The average Bonchev–Trinajstić information content (AvgIpc) is 3.19. The maximum Gasteiger partial charge on any atom is 0.236 e. The number of rotatable bonds is 8. The molecule has 3 aromatic rings. The van der Waals surface area contributed by atoms with Gasteiger partial charge in [-0.1, -0.05) is 23.4 Å². The van der Waals surface area contributed by atoms with Gasteiger partial charge in [0.25, 0.3) is 0 Å². The van der Waals surface area contributed by atoms with Crippen LogP contribution < -0.4 is 14.8 Å². The molecule has 0 aliphatic heterocycles. The highest BCUT2D eigenvalue weighted by atomic mass is 32.2. The van der Waals surface area contributed by atoms with Crippen molar-refractivity contribution in [2.45, 2.75) is 19.6 Å². The molecule has 1 heterocycles. The standard InChI is InChI=1S/C21H23N3O4S/c1-13-6-5-7-14(2)20(13)22-18(25)11-29-12-19-23-21(24-28-19)15-8-9-16(26-3)17(10-15)27-4/h5-10H,11-12H2,1-4H3,(H,22,25). The van der Waals surface area contributed by atoms with Gasteiger partial charge in [0.1, 0.15) is 0 Å². The Kier molecular flexibility index (Phi) is 6.77. The lowest BCUT2D eigenvalue weighted by Crippen LogP contribution is -2.15. The fraction of sp³-hybridized carbons (Fsp3) is 0.286. The predicted octanol–water partition coefficient (Wildman–Crippen LogP) is 4.24. The second kappa shape index (κ2) is 9.47. The molecule has 0 aliphatic carbocycles. The summed E-state index contributed by atoms with van der Waals surface area (Å²) in [5, 5.41) is 6.98. The van der Waals surface area contributed by atoms with Gasteiger partial charge in [0, 0.05) is 11.3 Å². The van der Waals surface area contributed by atoms with Crippen LogP contribution in [0.1, 0.15) is 17.0 Å². The van der Waals surface area contributed by atoms with Crippen LogP contribution in [0.25, 0.3) is 11.4 Å². The minimum absolute atomic E-state index is 0.0629. The molecule has 1 amide bonds. The molecule has 0 bridgehead atoms. The van der Waals surface area contributed by atoms with Gasteiger partial charge < -0.3 is 19.3 Å². The molecule has 0 aliphatic rings. The van der Waals surface area contributed by atoms with E-state index in [-0.39, 0.29) is 5.91 Å². The van der Waals surface area contributed by atoms with Crippen molar-refractivity contribution in [3.8, 4) is 22.9 Å². The number of para-hydroxylation sites is 1. The number of hydrogen-bond acceptors (Lipinski definition) is 7. The largest absolute Gasteiger partial charge is 0.493 e. The summed E-state index contributed by atoms with van der Waals surface area (Å²) in [5.41, 5.74) is 3.71. The number of ether oxygens (including phenoxy) is 2. The van der Waals surface area contributed by atoms with Crippen molar-refractivity contribution in [2.75, 3.05) is 25.3 Å². The van der Waals surface area contributed by atoms with Crippen LogP contribution >= 0.6 is 11.8 Å². The van der Waals surface area contributed by atoms with Crippen LogP contribution in [0.5, 0.6) is 11.5 Å². The second-order valence-corrected chi connectivity index (χ2v) is 7.37. The number of carbonyl (C=O) groups is 1. The van der Waals surface area contributed by atoms with Crippen molar-refractivity contribution in [2.24, 2.45) is 0 Å². The fourth-order valence-electron chi connectivity index (χ4n) is 2.82. The van der Waals surface area contributed by atoms with Crippen LogP contribution in [0.15, 0.2) is 40.9 Å². The summed E-state index contributed by atoms with van der Waals surface area (Å²) < 4.78 is 15.8. The van der Waals surface area contributed by atoms with E-state index in [0.29, 0.717) is 34.7 Å². The van der Waals surface area contributed by atoms with E-state index in [2.05, 4.69) is 15.5 Å². The maximum absolute atomic E-state index is 12.2. The molecule has 0 radical (unpaired) electrons. The second-order valence-electron chi connectivity index (χ2n) is 6.39. The van der Waals surface area contributed by atoms with E-state index in [1.165, 1.54) is 11.8 Å². The molecule has 2 aromatic carbocycles. The maximum atomic E-state index is 12.2. The predicted molar refractivity (Wildman–Crippen MR) is 114 cm³/mol. The van der Waals surface area contributed by atoms with Gasteiger partial charge in [-0.15, -0.1) is 11.8 Å². The highest BCUT2D eigenvalue weighted by Gasteiger charge is 2.13. The van der Waals surface area contributed by atoms with Gasteiger partial charge in [0.15, 0.2) is 11.5 Å². The Morgan fingerprint density at radius 2 is 1.83 bits per heavy atom. The minimum atomic E-state index is -0.0629. The number of thioether (sulfide) groups is 1. The Morgan fingerprint density at radius 3 is 2.52 bits per heavy atom. The quantitative estimate of drug-likeness (QED) is 0.591. The zero-order valence-corrected chi connectivity index (χ0v) is 17.6. The zero-order valence-electron chi connectivity index (χ0n) is 16.8. The molecule has 1 N–H and O–H groups in total.